The molecule has 4 heteroatoms. The first-order valence-corrected chi connectivity index (χ1v) is 17.3. The van der Waals surface area contributed by atoms with Gasteiger partial charge in [0, 0.05) is 12.2 Å². The normalized spacial score (nSPS) is 12.9. The number of aliphatic carboxylic acids is 2. The molecule has 4 nitrogen and oxygen atoms in total. The van der Waals surface area contributed by atoms with Crippen molar-refractivity contribution in [1.29, 1.82) is 0 Å². The van der Waals surface area contributed by atoms with Gasteiger partial charge >= 0.3 is 11.9 Å². The second-order valence-corrected chi connectivity index (χ2v) is 10.8. The maximum Gasteiger partial charge on any atom is 0.328 e. The second-order valence-electron chi connectivity index (χ2n) is 10.8. The van der Waals surface area contributed by atoms with Crippen LogP contribution in [0.1, 0.15) is 117 Å². The van der Waals surface area contributed by atoms with Crippen molar-refractivity contribution in [2.75, 3.05) is 0 Å². The molecule has 0 aromatic carbocycles. The maximum absolute atomic E-state index is 10.2. The molecule has 46 heavy (non-hydrogen) atoms. The molecule has 2 N–H and O–H groups in total. The van der Waals surface area contributed by atoms with Crippen molar-refractivity contribution in [3.63, 3.8) is 0 Å². The Hall–Kier alpha value is -3.92. The topological polar surface area (TPSA) is 74.6 Å². The Balaban J connectivity index is 0. The maximum atomic E-state index is 10.2. The number of hydrogen-bond acceptors (Lipinski definition) is 2. The van der Waals surface area contributed by atoms with Crippen molar-refractivity contribution in [3.05, 3.63) is 134 Å². The van der Waals surface area contributed by atoms with Gasteiger partial charge in [-0.15, -0.1) is 0 Å². The third-order valence-electron chi connectivity index (χ3n) is 6.48. The van der Waals surface area contributed by atoms with E-state index < -0.39 is 11.9 Å². The summed E-state index contributed by atoms with van der Waals surface area (Å²) in [7, 11) is 0. The van der Waals surface area contributed by atoms with Crippen molar-refractivity contribution >= 4 is 11.9 Å². The van der Waals surface area contributed by atoms with Crippen LogP contribution >= 0.6 is 0 Å². The molecule has 0 fully saturated rings. The Morgan fingerprint density at radius 2 is 0.587 bits per heavy atom. The number of carboxylic acids is 2. The molecule has 254 valence electrons. The quantitative estimate of drug-likeness (QED) is 0.0538. The largest absolute Gasteiger partial charge is 0.478 e. The van der Waals surface area contributed by atoms with E-state index in [4.69, 9.17) is 10.2 Å². The van der Waals surface area contributed by atoms with Crippen molar-refractivity contribution < 1.29 is 19.8 Å². The summed E-state index contributed by atoms with van der Waals surface area (Å²) in [5.74, 6) is -1.87. The lowest BCUT2D eigenvalue weighted by atomic mass is 10.1. The molecule has 0 aromatic heterocycles. The predicted molar refractivity (Wildman–Crippen MR) is 201 cm³/mol. The van der Waals surface area contributed by atoms with Gasteiger partial charge in [0.15, 0.2) is 0 Å². The molecular formula is C42H62O4. The van der Waals surface area contributed by atoms with E-state index in [1.54, 1.807) is 24.3 Å². The molecule has 0 saturated carbocycles. The molecule has 0 atom stereocenters. The Morgan fingerprint density at radius 3 is 0.870 bits per heavy atom. The minimum absolute atomic E-state index is 0.931. The molecule has 0 heterocycles. The molecule has 0 spiro atoms. The standard InChI is InChI=1S/C22H32O2.C20H30O2/c1-2-3-4-5-6-7-8-9-10-11-12-13-14-15-16-17-18-19-20-21-22(23)24;1-2-3-4-5-6-7-8-9-10-11-12-13-14-15-16-17-18-19-20(21)22/h10-21H,2-9H2,1H3,(H,23,24);10-19H,2-9H2,1H3,(H,21,22)/b11-10+,13-12+,15-14+,17-16+,19-18+,21-20+;11-10+,13-12+,15-14+,17-16+,19-18+. The zero-order valence-corrected chi connectivity index (χ0v) is 28.7. The van der Waals surface area contributed by atoms with Crippen molar-refractivity contribution in [3.8, 4) is 0 Å². The number of hydrogen-bond donors (Lipinski definition) is 2. The van der Waals surface area contributed by atoms with E-state index in [0.29, 0.717) is 0 Å². The van der Waals surface area contributed by atoms with Gasteiger partial charge in [-0.2, -0.15) is 0 Å². The van der Waals surface area contributed by atoms with Gasteiger partial charge < -0.3 is 10.2 Å². The zero-order valence-electron chi connectivity index (χ0n) is 28.7. The van der Waals surface area contributed by atoms with Gasteiger partial charge in [0.25, 0.3) is 0 Å². The van der Waals surface area contributed by atoms with Crippen LogP contribution in [0.25, 0.3) is 0 Å². The number of unbranched alkanes of at least 4 members (excludes halogenated alkanes) is 14. The van der Waals surface area contributed by atoms with Crippen LogP contribution in [0.2, 0.25) is 0 Å². The minimum Gasteiger partial charge on any atom is -0.478 e. The van der Waals surface area contributed by atoms with E-state index in [9.17, 15) is 9.59 Å². The second kappa shape index (κ2) is 41.1. The Bertz CT molecular complexity index is 1030. The first kappa shape index (κ1) is 44.2. The monoisotopic (exact) mass is 630 g/mol. The van der Waals surface area contributed by atoms with Gasteiger partial charge in [-0.25, -0.2) is 9.59 Å². The van der Waals surface area contributed by atoms with Crippen LogP contribution in [-0.2, 0) is 9.59 Å². The average molecular weight is 631 g/mol. The number of carbonyl (C=O) groups is 2. The summed E-state index contributed by atoms with van der Waals surface area (Å²) in [6.07, 6.45) is 61.5. The Labute approximate surface area is 281 Å². The molecule has 0 amide bonds. The molecule has 0 radical (unpaired) electrons. The number of carboxylic acid groups (broad SMARTS) is 2. The highest BCUT2D eigenvalue weighted by Gasteiger charge is 1.90. The summed E-state index contributed by atoms with van der Waals surface area (Å²) in [6.45, 7) is 4.50. The van der Waals surface area contributed by atoms with Crippen LogP contribution in [0.5, 0.6) is 0 Å². The lowest BCUT2D eigenvalue weighted by Gasteiger charge is -1.98. The minimum atomic E-state index is -0.936. The predicted octanol–water partition coefficient (Wildman–Crippen LogP) is 12.5. The third kappa shape index (κ3) is 47.0. The van der Waals surface area contributed by atoms with Gasteiger partial charge in [-0.05, 0) is 25.7 Å². The van der Waals surface area contributed by atoms with Gasteiger partial charge in [-0.3, -0.25) is 0 Å². The summed E-state index contributed by atoms with van der Waals surface area (Å²) in [5.41, 5.74) is 0. The van der Waals surface area contributed by atoms with Gasteiger partial charge in [0.05, 0.1) is 0 Å². The van der Waals surface area contributed by atoms with Crippen molar-refractivity contribution in [1.82, 2.24) is 0 Å². The van der Waals surface area contributed by atoms with Crippen molar-refractivity contribution in [2.45, 2.75) is 117 Å². The highest BCUT2D eigenvalue weighted by molar-refractivity contribution is 5.80. The van der Waals surface area contributed by atoms with E-state index in [0.717, 1.165) is 25.0 Å². The van der Waals surface area contributed by atoms with Crippen LogP contribution in [0, 0.1) is 0 Å². The third-order valence-corrected chi connectivity index (χ3v) is 6.48. The van der Waals surface area contributed by atoms with Crippen molar-refractivity contribution in [2.24, 2.45) is 0 Å². The summed E-state index contributed by atoms with van der Waals surface area (Å²) < 4.78 is 0. The summed E-state index contributed by atoms with van der Waals surface area (Å²) >= 11 is 0. The zero-order chi connectivity index (χ0) is 34.0. The Morgan fingerprint density at radius 1 is 0.348 bits per heavy atom. The van der Waals surface area contributed by atoms with E-state index >= 15 is 0 Å². The number of allylic oxidation sites excluding steroid dienone is 20. The van der Waals surface area contributed by atoms with Crippen LogP contribution in [-0.4, -0.2) is 22.2 Å². The SMILES string of the molecule is CCCCCCCCC/C=C/C=C/C=C/C=C/C=C/C(=O)O.CCCCCCCCC/C=C/C=C/C=C/C=C/C=C/C=C/C(=O)O. The molecular weight excluding hydrogens is 568 g/mol. The van der Waals surface area contributed by atoms with E-state index in [1.165, 1.54) is 102 Å². The molecule has 0 bridgehead atoms. The molecule has 0 unspecified atom stereocenters. The fourth-order valence-corrected chi connectivity index (χ4v) is 3.96. The summed E-state index contributed by atoms with van der Waals surface area (Å²) in [5, 5.41) is 16.8. The Kier molecular flexibility index (Phi) is 39.5. The van der Waals surface area contributed by atoms with Gasteiger partial charge in [-0.1, -0.05) is 212 Å². The lowest BCUT2D eigenvalue weighted by Crippen LogP contribution is -1.84. The van der Waals surface area contributed by atoms with Gasteiger partial charge in [0.2, 0.25) is 0 Å². The van der Waals surface area contributed by atoms with Crippen LogP contribution in [0.4, 0.5) is 0 Å². The van der Waals surface area contributed by atoms with E-state index in [-0.39, 0.29) is 0 Å². The van der Waals surface area contributed by atoms with E-state index in [1.807, 2.05) is 60.8 Å². The molecule has 0 aliphatic rings. The molecule has 0 aromatic rings. The molecule has 0 aliphatic heterocycles. The van der Waals surface area contributed by atoms with Crippen LogP contribution in [0.3, 0.4) is 0 Å². The number of rotatable bonds is 27. The fourth-order valence-electron chi connectivity index (χ4n) is 3.96. The lowest BCUT2D eigenvalue weighted by molar-refractivity contribution is -0.132. The van der Waals surface area contributed by atoms with Gasteiger partial charge in [0.1, 0.15) is 0 Å². The highest BCUT2D eigenvalue weighted by Crippen LogP contribution is 2.09. The first-order chi connectivity index (χ1) is 22.5. The van der Waals surface area contributed by atoms with Crippen LogP contribution in [0.15, 0.2) is 134 Å². The smallest absolute Gasteiger partial charge is 0.328 e. The summed E-state index contributed by atoms with van der Waals surface area (Å²) in [6, 6.07) is 0. The molecule has 0 aliphatic carbocycles. The summed E-state index contributed by atoms with van der Waals surface area (Å²) in [4.78, 5) is 20.4. The molecule has 0 rings (SSSR count). The van der Waals surface area contributed by atoms with Crippen LogP contribution < -0.4 is 0 Å². The first-order valence-electron chi connectivity index (χ1n) is 17.3. The average Bonchev–Trinajstić information content (AvgIpc) is 3.03. The fraction of sp³-hybridized carbons (Fsp3) is 0.429. The van der Waals surface area contributed by atoms with E-state index in [2.05, 4.69) is 38.2 Å². The molecule has 0 saturated heterocycles. The highest BCUT2D eigenvalue weighted by atomic mass is 16.4.